The number of thiophene rings is 1. The lowest BCUT2D eigenvalue weighted by molar-refractivity contribution is -0.139. The molecule has 2 aliphatic rings. The molecule has 6 heteroatoms. The maximum absolute atomic E-state index is 12.5. The summed E-state index contributed by atoms with van der Waals surface area (Å²) in [7, 11) is 0. The van der Waals surface area contributed by atoms with Crippen molar-refractivity contribution in [3.8, 4) is 0 Å². The van der Waals surface area contributed by atoms with Crippen LogP contribution in [0.2, 0.25) is 0 Å². The quantitative estimate of drug-likeness (QED) is 0.866. The van der Waals surface area contributed by atoms with E-state index in [1.807, 2.05) is 9.80 Å². The molecule has 1 aromatic heterocycles. The average molecular weight is 308 g/mol. The first-order chi connectivity index (χ1) is 10.1. The minimum absolute atomic E-state index is 0.110. The summed E-state index contributed by atoms with van der Waals surface area (Å²) in [6.07, 6.45) is 3.22. The van der Waals surface area contributed by atoms with Gasteiger partial charge < -0.3 is 10.0 Å². The van der Waals surface area contributed by atoms with Crippen LogP contribution in [0.4, 0.5) is 0 Å². The van der Waals surface area contributed by atoms with Crippen molar-refractivity contribution in [1.82, 2.24) is 9.80 Å². The molecule has 0 bridgehead atoms. The maximum Gasteiger partial charge on any atom is 0.304 e. The number of carboxylic acid groups (broad SMARTS) is 1. The smallest absolute Gasteiger partial charge is 0.304 e. The minimum atomic E-state index is -0.797. The second kappa shape index (κ2) is 6.15. The Morgan fingerprint density at radius 1 is 1.43 bits per heavy atom. The maximum atomic E-state index is 12.5. The highest BCUT2D eigenvalue weighted by Crippen LogP contribution is 2.28. The lowest BCUT2D eigenvalue weighted by atomic mass is 10.1. The van der Waals surface area contributed by atoms with Gasteiger partial charge in [-0.05, 0) is 36.3 Å². The first-order valence-electron chi connectivity index (χ1n) is 7.42. The molecule has 0 radical (unpaired) electrons. The predicted octanol–water partition coefficient (Wildman–Crippen LogP) is 1.57. The molecule has 0 unspecified atom stereocenters. The Bertz CT molecular complexity index is 539. The fraction of sp³-hybridized carbons (Fsp3) is 0.600. The van der Waals surface area contributed by atoms with Gasteiger partial charge in [-0.2, -0.15) is 0 Å². The summed E-state index contributed by atoms with van der Waals surface area (Å²) < 4.78 is 0. The van der Waals surface area contributed by atoms with E-state index in [4.69, 9.17) is 5.11 Å². The van der Waals surface area contributed by atoms with Crippen LogP contribution in [0.25, 0.3) is 0 Å². The third-order valence-electron chi connectivity index (χ3n) is 4.17. The highest BCUT2D eigenvalue weighted by molar-refractivity contribution is 7.10. The zero-order valence-corrected chi connectivity index (χ0v) is 12.8. The van der Waals surface area contributed by atoms with Crippen molar-refractivity contribution in [2.75, 3.05) is 19.6 Å². The van der Waals surface area contributed by atoms with Gasteiger partial charge in [-0.25, -0.2) is 0 Å². The van der Waals surface area contributed by atoms with Crippen molar-refractivity contribution < 1.29 is 14.7 Å². The molecular formula is C15H20N2O3S. The number of fused-ring (bicyclic) bond motifs is 1. The van der Waals surface area contributed by atoms with Crippen molar-refractivity contribution in [3.63, 3.8) is 0 Å². The van der Waals surface area contributed by atoms with Gasteiger partial charge in [0.2, 0.25) is 5.91 Å². The monoisotopic (exact) mass is 308 g/mol. The van der Waals surface area contributed by atoms with Crippen LogP contribution in [0, 0.1) is 0 Å². The molecule has 1 N–H and O–H groups in total. The van der Waals surface area contributed by atoms with Crippen LogP contribution in [-0.2, 0) is 22.6 Å². The molecule has 114 valence electrons. The summed E-state index contributed by atoms with van der Waals surface area (Å²) in [5.74, 6) is -0.668. The first-order valence-corrected chi connectivity index (χ1v) is 8.30. The lowest BCUT2D eigenvalue weighted by Crippen LogP contribution is -2.43. The van der Waals surface area contributed by atoms with Gasteiger partial charge in [0.15, 0.2) is 0 Å². The van der Waals surface area contributed by atoms with Crippen LogP contribution in [0.5, 0.6) is 0 Å². The number of carbonyl (C=O) groups is 2. The number of hydrogen-bond donors (Lipinski definition) is 1. The van der Waals surface area contributed by atoms with Crippen LogP contribution >= 0.6 is 11.3 Å². The number of carbonyl (C=O) groups excluding carboxylic acids is 1. The predicted molar refractivity (Wildman–Crippen MR) is 80.3 cm³/mol. The topological polar surface area (TPSA) is 60.9 Å². The van der Waals surface area contributed by atoms with E-state index in [0.29, 0.717) is 25.7 Å². The molecule has 0 aromatic carbocycles. The average Bonchev–Trinajstić information content (AvgIpc) is 3.19. The fourth-order valence-electron chi connectivity index (χ4n) is 2.80. The Morgan fingerprint density at radius 3 is 2.95 bits per heavy atom. The molecule has 3 rings (SSSR count). The van der Waals surface area contributed by atoms with E-state index in [1.54, 1.807) is 11.3 Å². The zero-order valence-electron chi connectivity index (χ0n) is 12.0. The van der Waals surface area contributed by atoms with E-state index in [-0.39, 0.29) is 12.3 Å². The van der Waals surface area contributed by atoms with Gasteiger partial charge in [-0.15, -0.1) is 11.3 Å². The van der Waals surface area contributed by atoms with Crippen molar-refractivity contribution >= 4 is 23.2 Å². The van der Waals surface area contributed by atoms with Gasteiger partial charge in [-0.3, -0.25) is 14.5 Å². The normalized spacial score (nSPS) is 17.9. The van der Waals surface area contributed by atoms with Crippen molar-refractivity contribution in [2.24, 2.45) is 0 Å². The third kappa shape index (κ3) is 3.63. The zero-order chi connectivity index (χ0) is 14.8. The molecule has 2 heterocycles. The number of amides is 1. The molecule has 1 aromatic rings. The summed E-state index contributed by atoms with van der Waals surface area (Å²) in [4.78, 5) is 28.5. The molecule has 1 fully saturated rings. The summed E-state index contributed by atoms with van der Waals surface area (Å²) in [6, 6.07) is 2.51. The van der Waals surface area contributed by atoms with E-state index in [2.05, 4.69) is 11.4 Å². The first kappa shape index (κ1) is 14.5. The Balaban J connectivity index is 1.56. The molecule has 1 saturated carbocycles. The minimum Gasteiger partial charge on any atom is -0.481 e. The second-order valence-electron chi connectivity index (χ2n) is 5.78. The highest BCUT2D eigenvalue weighted by Gasteiger charge is 2.32. The number of aliphatic carboxylic acids is 1. The molecular weight excluding hydrogens is 288 g/mol. The van der Waals surface area contributed by atoms with E-state index < -0.39 is 5.97 Å². The molecule has 0 atom stereocenters. The summed E-state index contributed by atoms with van der Waals surface area (Å²) in [5.41, 5.74) is 1.27. The highest BCUT2D eigenvalue weighted by atomic mass is 32.1. The van der Waals surface area contributed by atoms with Gasteiger partial charge in [0.25, 0.3) is 0 Å². The molecule has 1 amide bonds. The SMILES string of the molecule is O=C(O)CCN(CC(=O)N1CCc2sccc2C1)C1CC1. The summed E-state index contributed by atoms with van der Waals surface area (Å²) in [6.45, 7) is 2.32. The van der Waals surface area contributed by atoms with Crippen LogP contribution < -0.4 is 0 Å². The van der Waals surface area contributed by atoms with Gasteiger partial charge in [-0.1, -0.05) is 0 Å². The number of rotatable bonds is 6. The molecule has 1 aliphatic carbocycles. The molecule has 0 saturated heterocycles. The van der Waals surface area contributed by atoms with E-state index in [9.17, 15) is 9.59 Å². The van der Waals surface area contributed by atoms with Gasteiger partial charge in [0, 0.05) is 30.6 Å². The molecule has 0 spiro atoms. The van der Waals surface area contributed by atoms with Crippen LogP contribution in [-0.4, -0.2) is 52.5 Å². The molecule has 21 heavy (non-hydrogen) atoms. The van der Waals surface area contributed by atoms with Gasteiger partial charge in [0.05, 0.1) is 13.0 Å². The van der Waals surface area contributed by atoms with Gasteiger partial charge >= 0.3 is 5.97 Å². The lowest BCUT2D eigenvalue weighted by Gasteiger charge is -2.30. The fourth-order valence-corrected chi connectivity index (χ4v) is 3.69. The Kier molecular flexibility index (Phi) is 4.26. The standard InChI is InChI=1S/C15H20N2O3S/c18-14(10-16(12-1-2-12)7-4-15(19)20)17-6-3-13-11(9-17)5-8-21-13/h5,8,12H,1-4,6-7,9-10H2,(H,19,20). The molecule has 1 aliphatic heterocycles. The second-order valence-corrected chi connectivity index (χ2v) is 6.78. The van der Waals surface area contributed by atoms with Crippen molar-refractivity contribution in [3.05, 3.63) is 21.9 Å². The summed E-state index contributed by atoms with van der Waals surface area (Å²) in [5, 5.41) is 10.9. The summed E-state index contributed by atoms with van der Waals surface area (Å²) >= 11 is 1.77. The Labute approximate surface area is 128 Å². The Morgan fingerprint density at radius 2 is 2.24 bits per heavy atom. The van der Waals surface area contributed by atoms with E-state index in [0.717, 1.165) is 25.8 Å². The van der Waals surface area contributed by atoms with Crippen molar-refractivity contribution in [2.45, 2.75) is 38.3 Å². The molecule has 5 nitrogen and oxygen atoms in total. The van der Waals surface area contributed by atoms with E-state index >= 15 is 0 Å². The number of hydrogen-bond acceptors (Lipinski definition) is 4. The third-order valence-corrected chi connectivity index (χ3v) is 5.20. The Hall–Kier alpha value is -1.40. The van der Waals surface area contributed by atoms with E-state index in [1.165, 1.54) is 10.4 Å². The van der Waals surface area contributed by atoms with Crippen LogP contribution in [0.3, 0.4) is 0 Å². The van der Waals surface area contributed by atoms with Crippen LogP contribution in [0.1, 0.15) is 29.7 Å². The largest absolute Gasteiger partial charge is 0.481 e. The van der Waals surface area contributed by atoms with Gasteiger partial charge in [0.1, 0.15) is 0 Å². The number of carboxylic acids is 1. The van der Waals surface area contributed by atoms with Crippen LogP contribution in [0.15, 0.2) is 11.4 Å². The number of nitrogens with zero attached hydrogens (tertiary/aromatic N) is 2. The van der Waals surface area contributed by atoms with Crippen molar-refractivity contribution in [1.29, 1.82) is 0 Å².